The maximum atomic E-state index is 13.8. The average Bonchev–Trinajstić information content (AvgIpc) is 2.74. The minimum Gasteiger partial charge on any atom is -0.462 e. The molecule has 214 valence electrons. The van der Waals surface area contributed by atoms with E-state index in [0.717, 1.165) is 0 Å². The highest BCUT2D eigenvalue weighted by molar-refractivity contribution is 5.87. The van der Waals surface area contributed by atoms with Gasteiger partial charge in [0.1, 0.15) is 0 Å². The Morgan fingerprint density at radius 2 is 1.11 bits per heavy atom. The highest BCUT2D eigenvalue weighted by Crippen LogP contribution is 2.61. The number of allylic oxidation sites excluding steroid dienone is 1. The fourth-order valence-corrected chi connectivity index (χ4v) is 2.19. The van der Waals surface area contributed by atoms with Gasteiger partial charge >= 0.3 is 41.5 Å². The Balaban J connectivity index is 6.51. The second-order valence-corrected chi connectivity index (χ2v) is 7.11. The van der Waals surface area contributed by atoms with Gasteiger partial charge in [0, 0.05) is 5.57 Å². The Labute approximate surface area is 190 Å². The number of ether oxygens (including phenoxy) is 1. The minimum atomic E-state index is -8.44. The number of hydrogen-bond acceptors (Lipinski definition) is 2. The quantitative estimate of drug-likeness (QED) is 0.135. The lowest BCUT2D eigenvalue weighted by atomic mass is 9.87. The Kier molecular flexibility index (Phi) is 10.2. The Morgan fingerprint density at radius 3 is 1.47 bits per heavy atom. The van der Waals surface area contributed by atoms with Gasteiger partial charge < -0.3 is 4.74 Å². The predicted octanol–water partition coefficient (Wildman–Crippen LogP) is 6.98. The minimum absolute atomic E-state index is 0.0761. The van der Waals surface area contributed by atoms with Crippen LogP contribution in [0.3, 0.4) is 0 Å². The molecule has 0 spiro atoms. The average molecular weight is 574 g/mol. The van der Waals surface area contributed by atoms with Gasteiger partial charge in [0.15, 0.2) is 12.3 Å². The summed E-state index contributed by atoms with van der Waals surface area (Å²) in [6.45, 7) is 1.31. The lowest BCUT2D eigenvalue weighted by molar-refractivity contribution is -0.433. The van der Waals surface area contributed by atoms with E-state index >= 15 is 0 Å². The fraction of sp³-hybridized carbons (Fsp3) is 0.824. The van der Waals surface area contributed by atoms with E-state index in [1.54, 1.807) is 0 Å². The molecule has 0 rings (SSSR count). The van der Waals surface area contributed by atoms with E-state index in [4.69, 9.17) is 0 Å². The molecule has 0 saturated carbocycles. The summed E-state index contributed by atoms with van der Waals surface area (Å²) in [6, 6.07) is 0. The summed E-state index contributed by atoms with van der Waals surface area (Å²) in [6.07, 6.45) is -21.3. The summed E-state index contributed by atoms with van der Waals surface area (Å²) >= 11 is 0. The van der Waals surface area contributed by atoms with Crippen LogP contribution in [0.1, 0.15) is 20.3 Å². The third-order valence-electron chi connectivity index (χ3n) is 4.39. The fourth-order valence-electron chi connectivity index (χ4n) is 2.19. The molecule has 0 aromatic carbocycles. The van der Waals surface area contributed by atoms with Gasteiger partial charge in [0.2, 0.25) is 6.17 Å². The van der Waals surface area contributed by atoms with Crippen molar-refractivity contribution in [3.05, 3.63) is 11.6 Å². The van der Waals surface area contributed by atoms with Crippen molar-refractivity contribution in [1.29, 1.82) is 0 Å². The maximum absolute atomic E-state index is 13.8. The summed E-state index contributed by atoms with van der Waals surface area (Å²) in [4.78, 5) is 11.3. The molecule has 0 fully saturated rings. The number of carbonyl (C=O) groups excluding carboxylic acids is 1. The molecule has 0 aliphatic rings. The van der Waals surface area contributed by atoms with E-state index in [-0.39, 0.29) is 6.42 Å². The van der Waals surface area contributed by atoms with Gasteiger partial charge in [-0.15, -0.1) is 0 Å². The third-order valence-corrected chi connectivity index (χ3v) is 4.39. The van der Waals surface area contributed by atoms with Crippen molar-refractivity contribution in [2.45, 2.75) is 80.7 Å². The van der Waals surface area contributed by atoms with Crippen molar-refractivity contribution in [2.75, 3.05) is 6.61 Å². The van der Waals surface area contributed by atoms with Gasteiger partial charge in [0.05, 0.1) is 6.61 Å². The van der Waals surface area contributed by atoms with Crippen LogP contribution in [0, 0.1) is 0 Å². The standard InChI is InChI=1S/C17H15F17O2/c1-3-4-36-11(35)6(2)5-7(18)12(23,24)14(27,28)16(31,32)17(33,34)15(29,30)13(25,26)9(20)8(19)10(21)22/h5,7-10H,3-4H2,1-2H3. The molecule has 0 bridgehead atoms. The number of hydrogen-bond donors (Lipinski definition) is 0. The highest BCUT2D eigenvalue weighted by Gasteiger charge is 2.91. The summed E-state index contributed by atoms with van der Waals surface area (Å²) in [7, 11) is 0. The largest absolute Gasteiger partial charge is 0.462 e. The smallest absolute Gasteiger partial charge is 0.384 e. The first-order valence-corrected chi connectivity index (χ1v) is 9.13. The van der Waals surface area contributed by atoms with Crippen LogP contribution in [-0.2, 0) is 9.53 Å². The molecule has 3 atom stereocenters. The highest BCUT2D eigenvalue weighted by atomic mass is 19.4. The first-order chi connectivity index (χ1) is 15.8. The number of esters is 1. The molecule has 36 heavy (non-hydrogen) atoms. The SMILES string of the molecule is CCCOC(=O)C(C)=CC(F)C(F)(F)C(F)(F)C(F)(F)C(F)(F)C(F)(F)C(F)(F)C(F)C(F)C(F)F. The molecule has 19 heteroatoms. The van der Waals surface area contributed by atoms with Crippen LogP contribution in [-0.4, -0.2) is 73.1 Å². The number of alkyl halides is 17. The molecule has 0 aliphatic carbocycles. The number of halogens is 17. The lowest BCUT2D eigenvalue weighted by Crippen LogP contribution is -2.73. The molecular weight excluding hydrogens is 559 g/mol. The maximum Gasteiger partial charge on any atom is 0.384 e. The summed E-state index contributed by atoms with van der Waals surface area (Å²) in [5.41, 5.74) is -1.33. The van der Waals surface area contributed by atoms with E-state index < -0.39 is 84.7 Å². The molecule has 0 N–H and O–H groups in total. The molecule has 2 nitrogen and oxygen atoms in total. The van der Waals surface area contributed by atoms with Gasteiger partial charge in [-0.3, -0.25) is 0 Å². The zero-order chi connectivity index (χ0) is 29.3. The second kappa shape index (κ2) is 10.8. The van der Waals surface area contributed by atoms with Crippen molar-refractivity contribution in [2.24, 2.45) is 0 Å². The first-order valence-electron chi connectivity index (χ1n) is 9.13. The van der Waals surface area contributed by atoms with Gasteiger partial charge in [-0.25, -0.2) is 26.7 Å². The molecule has 0 saturated heterocycles. The van der Waals surface area contributed by atoms with E-state index in [1.165, 1.54) is 6.92 Å². The monoisotopic (exact) mass is 574 g/mol. The number of rotatable bonds is 13. The summed E-state index contributed by atoms with van der Waals surface area (Å²) in [5, 5.41) is 0. The van der Waals surface area contributed by atoms with Crippen molar-refractivity contribution >= 4 is 5.97 Å². The van der Waals surface area contributed by atoms with E-state index in [0.29, 0.717) is 6.92 Å². The van der Waals surface area contributed by atoms with E-state index in [9.17, 15) is 79.4 Å². The molecular formula is C17H15F17O2. The van der Waals surface area contributed by atoms with E-state index in [2.05, 4.69) is 4.74 Å². The van der Waals surface area contributed by atoms with Crippen LogP contribution in [0.15, 0.2) is 11.6 Å². The lowest BCUT2D eigenvalue weighted by Gasteiger charge is -2.42. The van der Waals surface area contributed by atoms with Crippen LogP contribution in [0.25, 0.3) is 0 Å². The molecule has 0 heterocycles. The van der Waals surface area contributed by atoms with Gasteiger partial charge in [-0.2, -0.15) is 52.7 Å². The zero-order valence-electron chi connectivity index (χ0n) is 17.5. The molecule has 0 radical (unpaired) electrons. The van der Waals surface area contributed by atoms with Crippen LogP contribution in [0.5, 0.6) is 0 Å². The summed E-state index contributed by atoms with van der Waals surface area (Å²) < 4.78 is 231. The Bertz CT molecular complexity index is 792. The Morgan fingerprint density at radius 1 is 0.722 bits per heavy atom. The zero-order valence-corrected chi connectivity index (χ0v) is 17.5. The predicted molar refractivity (Wildman–Crippen MR) is 85.4 cm³/mol. The first kappa shape index (κ1) is 34.0. The van der Waals surface area contributed by atoms with Crippen molar-refractivity contribution in [3.63, 3.8) is 0 Å². The molecule has 0 amide bonds. The van der Waals surface area contributed by atoms with Crippen LogP contribution < -0.4 is 0 Å². The van der Waals surface area contributed by atoms with Crippen molar-refractivity contribution in [1.82, 2.24) is 0 Å². The molecule has 0 aliphatic heterocycles. The summed E-state index contributed by atoms with van der Waals surface area (Å²) in [5.74, 6) is -49.5. The van der Waals surface area contributed by atoms with Crippen LogP contribution >= 0.6 is 0 Å². The topological polar surface area (TPSA) is 26.3 Å². The van der Waals surface area contributed by atoms with Gasteiger partial charge in [-0.05, 0) is 19.4 Å². The van der Waals surface area contributed by atoms with Crippen LogP contribution in [0.4, 0.5) is 74.6 Å². The second-order valence-electron chi connectivity index (χ2n) is 7.11. The third kappa shape index (κ3) is 5.47. The molecule has 3 unspecified atom stereocenters. The van der Waals surface area contributed by atoms with Crippen molar-refractivity contribution < 1.29 is 84.2 Å². The molecule has 0 aromatic rings. The normalized spacial score (nSPS) is 17.7. The Hall–Kier alpha value is -1.98. The van der Waals surface area contributed by atoms with Crippen LogP contribution in [0.2, 0.25) is 0 Å². The van der Waals surface area contributed by atoms with Gasteiger partial charge in [0.25, 0.3) is 6.43 Å². The van der Waals surface area contributed by atoms with Crippen molar-refractivity contribution in [3.8, 4) is 0 Å². The van der Waals surface area contributed by atoms with E-state index in [1.807, 2.05) is 0 Å². The van der Waals surface area contributed by atoms with Gasteiger partial charge in [-0.1, -0.05) is 6.92 Å². The molecule has 0 aromatic heterocycles. The number of carbonyl (C=O) groups is 1.